The molecule has 0 amide bonds. The predicted molar refractivity (Wildman–Crippen MR) is 296 cm³/mol. The van der Waals surface area contributed by atoms with Crippen LogP contribution in [0.5, 0.6) is 0 Å². The van der Waals surface area contributed by atoms with Gasteiger partial charge in [0, 0.05) is 0 Å². The van der Waals surface area contributed by atoms with Crippen molar-refractivity contribution in [1.82, 2.24) is 0 Å². The molecule has 0 radical (unpaired) electrons. The van der Waals surface area contributed by atoms with E-state index in [9.17, 15) is 24.9 Å². The lowest BCUT2D eigenvalue weighted by molar-refractivity contribution is -0.249. The standard InChI is InChI=1S/C62H118O8/c1-8-14-20-26-32-37-43-49-54(47-41-35-29-23-17-11-4)61(59(66)67,55(48-42-36-30-24-18-12-5)50-44-38-33-27-21-15-9-2)62(60(68)69,57(53(7)63)58(64)65)70-56(51-45-39-31-25-19-13-6)52-46-40-34-28-22-16-10-3/h54-57H,8-52H2,1-7H3,(H,64,65)(H,66,67)(H,68,69). The summed E-state index contributed by atoms with van der Waals surface area (Å²) in [7, 11) is 0. The number of aliphatic carboxylic acids is 3. The first-order valence-electron chi connectivity index (χ1n) is 30.8. The lowest BCUT2D eigenvalue weighted by atomic mass is 9.49. The van der Waals surface area contributed by atoms with Gasteiger partial charge in [-0.25, -0.2) is 4.79 Å². The van der Waals surface area contributed by atoms with Crippen LogP contribution in [0.1, 0.15) is 337 Å². The molecule has 0 aliphatic rings. The third kappa shape index (κ3) is 27.4. The van der Waals surface area contributed by atoms with Gasteiger partial charge in [0.1, 0.15) is 11.2 Å². The SMILES string of the molecule is CCCCCCCCCC(CCCCCCCC)OC(C(=O)O)(C(C(C)=O)C(=O)O)C(C(=O)O)(C(CCCCCCCC)CCCCCCCCC)C(CCCCCCCC)CCCCCCCCC. The van der Waals surface area contributed by atoms with Crippen molar-refractivity contribution in [1.29, 1.82) is 0 Å². The highest BCUT2D eigenvalue weighted by molar-refractivity contribution is 6.06. The summed E-state index contributed by atoms with van der Waals surface area (Å²) >= 11 is 0. The summed E-state index contributed by atoms with van der Waals surface area (Å²) in [6.45, 7) is 14.4. The fourth-order valence-corrected chi connectivity index (χ4v) is 12.1. The molecule has 3 N–H and O–H groups in total. The van der Waals surface area contributed by atoms with Crippen LogP contribution in [-0.2, 0) is 23.9 Å². The molecule has 0 spiro atoms. The molecule has 8 nitrogen and oxygen atoms in total. The maximum atomic E-state index is 15.4. The van der Waals surface area contributed by atoms with Crippen molar-refractivity contribution in [2.24, 2.45) is 23.2 Å². The first-order valence-corrected chi connectivity index (χ1v) is 30.8. The molecule has 0 saturated carbocycles. The number of ether oxygens (including phenoxy) is 1. The molecule has 0 bridgehead atoms. The summed E-state index contributed by atoms with van der Waals surface area (Å²) in [5.41, 5.74) is -4.98. The van der Waals surface area contributed by atoms with Crippen molar-refractivity contribution in [3.05, 3.63) is 0 Å². The Balaban J connectivity index is 8.39. The summed E-state index contributed by atoms with van der Waals surface area (Å²) < 4.78 is 7.33. The number of carbonyl (C=O) groups is 4. The van der Waals surface area contributed by atoms with E-state index in [4.69, 9.17) is 4.74 Å². The van der Waals surface area contributed by atoms with E-state index in [-0.39, 0.29) is 0 Å². The third-order valence-corrected chi connectivity index (χ3v) is 16.1. The Morgan fingerprint density at radius 3 is 0.771 bits per heavy atom. The summed E-state index contributed by atoms with van der Waals surface area (Å²) in [6.07, 6.45) is 42.3. The normalized spacial score (nSPS) is 15.2. The number of hydrogen-bond donors (Lipinski definition) is 3. The van der Waals surface area contributed by atoms with Crippen molar-refractivity contribution in [3.63, 3.8) is 0 Å². The van der Waals surface area contributed by atoms with Gasteiger partial charge in [0.25, 0.3) is 0 Å². The molecule has 0 aromatic carbocycles. The molecule has 0 aliphatic carbocycles. The van der Waals surface area contributed by atoms with Gasteiger partial charge in [-0.3, -0.25) is 14.4 Å². The Morgan fingerprint density at radius 1 is 0.343 bits per heavy atom. The van der Waals surface area contributed by atoms with E-state index < -0.39 is 58.6 Å². The van der Waals surface area contributed by atoms with E-state index in [1.807, 2.05) is 0 Å². The maximum absolute atomic E-state index is 15.4. The first-order chi connectivity index (χ1) is 33.9. The molecule has 0 aromatic rings. The zero-order chi connectivity index (χ0) is 52.1. The number of hydrogen-bond acceptors (Lipinski definition) is 5. The summed E-state index contributed by atoms with van der Waals surface area (Å²) in [4.78, 5) is 59.0. The van der Waals surface area contributed by atoms with E-state index in [0.29, 0.717) is 38.5 Å². The van der Waals surface area contributed by atoms with Crippen LogP contribution in [0.15, 0.2) is 0 Å². The lowest BCUT2D eigenvalue weighted by Crippen LogP contribution is -2.72. The third-order valence-electron chi connectivity index (χ3n) is 16.1. The van der Waals surface area contributed by atoms with Crippen molar-refractivity contribution >= 4 is 23.7 Å². The Morgan fingerprint density at radius 2 is 0.571 bits per heavy atom. The van der Waals surface area contributed by atoms with Gasteiger partial charge in [-0.05, 0) is 57.3 Å². The highest BCUT2D eigenvalue weighted by Gasteiger charge is 2.74. The number of carboxylic acids is 3. The smallest absolute Gasteiger partial charge is 0.338 e. The van der Waals surface area contributed by atoms with Gasteiger partial charge < -0.3 is 20.1 Å². The second kappa shape index (κ2) is 45.6. The van der Waals surface area contributed by atoms with Crippen LogP contribution in [-0.4, -0.2) is 50.7 Å². The molecule has 0 saturated heterocycles. The highest BCUT2D eigenvalue weighted by Crippen LogP contribution is 2.58. The van der Waals surface area contributed by atoms with Crippen LogP contribution in [0.4, 0.5) is 0 Å². The topological polar surface area (TPSA) is 138 Å². The number of ketones is 1. The van der Waals surface area contributed by atoms with Crippen molar-refractivity contribution in [2.45, 2.75) is 349 Å². The molecular formula is C62H118O8. The Labute approximate surface area is 433 Å². The molecule has 5 unspecified atom stereocenters. The molecule has 0 rings (SSSR count). The van der Waals surface area contributed by atoms with Gasteiger partial charge >= 0.3 is 17.9 Å². The minimum absolute atomic E-state index is 0.473. The second-order valence-electron chi connectivity index (χ2n) is 22.1. The van der Waals surface area contributed by atoms with Gasteiger partial charge in [0.15, 0.2) is 5.92 Å². The number of rotatable bonds is 55. The number of carbonyl (C=O) groups excluding carboxylic acids is 1. The summed E-state index contributed by atoms with van der Waals surface area (Å²) in [6, 6.07) is 0. The van der Waals surface area contributed by atoms with E-state index in [2.05, 4.69) is 41.5 Å². The van der Waals surface area contributed by atoms with Gasteiger partial charge in [-0.1, -0.05) is 292 Å². The second-order valence-corrected chi connectivity index (χ2v) is 22.1. The van der Waals surface area contributed by atoms with Crippen molar-refractivity contribution in [2.75, 3.05) is 0 Å². The Bertz CT molecular complexity index is 1200. The molecule has 414 valence electrons. The molecular weight excluding hydrogens is 873 g/mol. The first kappa shape index (κ1) is 68.0. The van der Waals surface area contributed by atoms with E-state index in [1.165, 1.54) is 32.6 Å². The van der Waals surface area contributed by atoms with Crippen LogP contribution >= 0.6 is 0 Å². The quantitative estimate of drug-likeness (QED) is 0.0405. The summed E-state index contributed by atoms with van der Waals surface area (Å²) in [5.74, 6) is -8.82. The van der Waals surface area contributed by atoms with Gasteiger partial charge in [-0.2, -0.15) is 0 Å². The number of unbranched alkanes of at least 4 members (excludes halogenated alkanes) is 33. The van der Waals surface area contributed by atoms with Crippen molar-refractivity contribution < 1.29 is 39.2 Å². The molecule has 0 aliphatic heterocycles. The van der Waals surface area contributed by atoms with Crippen LogP contribution in [0.3, 0.4) is 0 Å². The summed E-state index contributed by atoms with van der Waals surface area (Å²) in [5, 5.41) is 36.3. The molecule has 0 aromatic heterocycles. The zero-order valence-corrected chi connectivity index (χ0v) is 47.5. The molecule has 0 fully saturated rings. The molecule has 8 heteroatoms. The Kier molecular flexibility index (Phi) is 44.4. The van der Waals surface area contributed by atoms with Crippen molar-refractivity contribution in [3.8, 4) is 0 Å². The van der Waals surface area contributed by atoms with E-state index in [1.54, 1.807) is 0 Å². The monoisotopic (exact) mass is 991 g/mol. The van der Waals surface area contributed by atoms with E-state index in [0.717, 1.165) is 225 Å². The zero-order valence-electron chi connectivity index (χ0n) is 47.5. The Hall–Kier alpha value is -1.96. The fourth-order valence-electron chi connectivity index (χ4n) is 12.1. The van der Waals surface area contributed by atoms with Crippen LogP contribution in [0.2, 0.25) is 0 Å². The van der Waals surface area contributed by atoms with Gasteiger partial charge in [0.05, 0.1) is 6.10 Å². The lowest BCUT2D eigenvalue weighted by Gasteiger charge is -2.55. The number of Topliss-reactive ketones (excluding diaryl/α,β-unsaturated/α-hetero) is 1. The fraction of sp³-hybridized carbons (Fsp3) is 0.935. The maximum Gasteiger partial charge on any atom is 0.338 e. The van der Waals surface area contributed by atoms with Gasteiger partial charge in [-0.15, -0.1) is 0 Å². The molecule has 70 heavy (non-hydrogen) atoms. The highest BCUT2D eigenvalue weighted by atomic mass is 16.5. The van der Waals surface area contributed by atoms with E-state index >= 15 is 9.59 Å². The minimum atomic E-state index is -2.81. The average Bonchev–Trinajstić information content (AvgIpc) is 3.32. The largest absolute Gasteiger partial charge is 0.481 e. The average molecular weight is 992 g/mol. The van der Waals surface area contributed by atoms with Crippen LogP contribution < -0.4 is 0 Å². The van der Waals surface area contributed by atoms with Crippen LogP contribution in [0.25, 0.3) is 0 Å². The van der Waals surface area contributed by atoms with Gasteiger partial charge in [0.2, 0.25) is 5.60 Å². The number of carboxylic acid groups (broad SMARTS) is 3. The molecule has 0 heterocycles. The predicted octanol–water partition coefficient (Wildman–Crippen LogP) is 19.5. The minimum Gasteiger partial charge on any atom is -0.481 e. The van der Waals surface area contributed by atoms with Crippen LogP contribution in [0, 0.1) is 23.2 Å². The molecule has 5 atom stereocenters.